The van der Waals surface area contributed by atoms with E-state index in [0.29, 0.717) is 28.7 Å². The number of amides is 1. The molecule has 32 heavy (non-hydrogen) atoms. The van der Waals surface area contributed by atoms with Gasteiger partial charge < -0.3 is 9.88 Å². The van der Waals surface area contributed by atoms with E-state index in [2.05, 4.69) is 32.9 Å². The Bertz CT molecular complexity index is 1150. The van der Waals surface area contributed by atoms with Crippen LogP contribution in [0.4, 0.5) is 15.8 Å². The second-order valence-corrected chi connectivity index (χ2v) is 9.64. The maximum Gasteiger partial charge on any atom is 0.279 e. The highest BCUT2D eigenvalue weighted by Gasteiger charge is 2.36. The van der Waals surface area contributed by atoms with Gasteiger partial charge in [0.15, 0.2) is 5.82 Å². The molecule has 0 spiro atoms. The fourth-order valence-electron chi connectivity index (χ4n) is 3.55. The molecule has 3 aromatic rings. The molecule has 4 rings (SSSR count). The first-order valence-electron chi connectivity index (χ1n) is 10.3. The molecular formula is C22H22Cl2FIN4O2. The third-order valence-corrected chi connectivity index (χ3v) is 6.59. The average Bonchev–Trinajstić information content (AvgIpc) is 3.52. The summed E-state index contributed by atoms with van der Waals surface area (Å²) in [5.41, 5.74) is 1.42. The number of unbranched alkanes of at least 4 members (excludes halogenated alkanes) is 1. The van der Waals surface area contributed by atoms with Crippen molar-refractivity contribution in [2.45, 2.75) is 38.3 Å². The second kappa shape index (κ2) is 10.1. The zero-order chi connectivity index (χ0) is 22.8. The Kier molecular flexibility index (Phi) is 7.44. The molecule has 1 aliphatic carbocycles. The van der Waals surface area contributed by atoms with Crippen molar-refractivity contribution in [3.8, 4) is 0 Å². The van der Waals surface area contributed by atoms with Crippen molar-refractivity contribution in [2.24, 2.45) is 0 Å². The van der Waals surface area contributed by atoms with E-state index in [1.165, 1.54) is 12.2 Å². The summed E-state index contributed by atoms with van der Waals surface area (Å²) in [6.07, 6.45) is 4.95. The highest BCUT2D eigenvalue weighted by atomic mass is 127. The molecule has 2 aromatic carbocycles. The number of carbonyl (C=O) groups is 1. The number of benzene rings is 2. The molecular weight excluding hydrogens is 569 g/mol. The lowest BCUT2D eigenvalue weighted by molar-refractivity contribution is -0.101. The van der Waals surface area contributed by atoms with Crippen LogP contribution in [0.25, 0.3) is 11.0 Å². The lowest BCUT2D eigenvalue weighted by Crippen LogP contribution is -2.32. The standard InChI is InChI=1S/C22H22Cl2FIN4O2/c1-32-30(14-5-6-14)22(31)15-11-18-21(27-12-29(18)9-3-2-8-23)19(25)20(15)28-17-7-4-13(26)10-16(17)24/h4,7,10-12,14,28H,2-3,5-6,8-9H2,1H3. The predicted molar refractivity (Wildman–Crippen MR) is 133 cm³/mol. The van der Waals surface area contributed by atoms with Gasteiger partial charge in [0.05, 0.1) is 47.0 Å². The van der Waals surface area contributed by atoms with E-state index < -0.39 is 11.7 Å². The number of aryl methyl sites for hydroxylation is 1. The summed E-state index contributed by atoms with van der Waals surface area (Å²) in [7, 11) is 1.45. The van der Waals surface area contributed by atoms with Gasteiger partial charge in [0.25, 0.3) is 5.91 Å². The number of aromatic nitrogens is 2. The highest BCUT2D eigenvalue weighted by Crippen LogP contribution is 2.36. The summed E-state index contributed by atoms with van der Waals surface area (Å²) in [6.45, 7) is 0.628. The Morgan fingerprint density at radius 1 is 1.38 bits per heavy atom. The average molecular weight is 591 g/mol. The van der Waals surface area contributed by atoms with Crippen LogP contribution in [0.1, 0.15) is 36.0 Å². The number of nitrogens with zero attached hydrogens (tertiary/aromatic N) is 3. The van der Waals surface area contributed by atoms with E-state index in [0.717, 1.165) is 29.3 Å². The van der Waals surface area contributed by atoms with Crippen molar-refractivity contribution < 1.29 is 14.0 Å². The van der Waals surface area contributed by atoms with Crippen LogP contribution in [0, 0.1) is 9.39 Å². The Balaban J connectivity index is 1.82. The van der Waals surface area contributed by atoms with Crippen LogP contribution in [-0.2, 0) is 11.4 Å². The van der Waals surface area contributed by atoms with Gasteiger partial charge in [-0.15, -0.1) is 11.6 Å². The monoisotopic (exact) mass is 590 g/mol. The number of imidazole rings is 1. The lowest BCUT2D eigenvalue weighted by atomic mass is 10.1. The van der Waals surface area contributed by atoms with Crippen LogP contribution in [0.5, 0.6) is 0 Å². The number of rotatable bonds is 9. The molecule has 0 atom stereocenters. The van der Waals surface area contributed by atoms with E-state index in [-0.39, 0.29) is 22.8 Å². The number of fused-ring (bicyclic) bond motifs is 1. The molecule has 1 fully saturated rings. The Labute approximate surface area is 209 Å². The topological polar surface area (TPSA) is 59.4 Å². The van der Waals surface area contributed by atoms with E-state index in [1.54, 1.807) is 24.5 Å². The zero-order valence-corrected chi connectivity index (χ0v) is 21.0. The first-order chi connectivity index (χ1) is 15.4. The van der Waals surface area contributed by atoms with Crippen molar-refractivity contribution in [2.75, 3.05) is 18.3 Å². The minimum absolute atomic E-state index is 0.00497. The van der Waals surface area contributed by atoms with Crippen molar-refractivity contribution >= 4 is 74.1 Å². The van der Waals surface area contributed by atoms with Gasteiger partial charge in [0, 0.05) is 16.0 Å². The van der Waals surface area contributed by atoms with Gasteiger partial charge in [-0.05, 0) is 72.5 Å². The number of hydrogen-bond donors (Lipinski definition) is 1. The quantitative estimate of drug-likeness (QED) is 0.136. The lowest BCUT2D eigenvalue weighted by Gasteiger charge is -2.22. The number of nitrogens with one attached hydrogen (secondary N) is 1. The van der Waals surface area contributed by atoms with Crippen molar-refractivity contribution in [3.63, 3.8) is 0 Å². The Morgan fingerprint density at radius 3 is 2.81 bits per heavy atom. The second-order valence-electron chi connectivity index (χ2n) is 7.61. The summed E-state index contributed by atoms with van der Waals surface area (Å²) < 4.78 is 18.5. The smallest absolute Gasteiger partial charge is 0.279 e. The summed E-state index contributed by atoms with van der Waals surface area (Å²) in [5.74, 6) is -0.461. The van der Waals surface area contributed by atoms with Gasteiger partial charge in [-0.2, -0.15) is 0 Å². The molecule has 0 bridgehead atoms. The normalized spacial score (nSPS) is 13.5. The van der Waals surface area contributed by atoms with Gasteiger partial charge in [0.1, 0.15) is 5.52 Å². The van der Waals surface area contributed by atoms with Crippen LogP contribution >= 0.6 is 45.8 Å². The third-order valence-electron chi connectivity index (χ3n) is 5.34. The van der Waals surface area contributed by atoms with Crippen molar-refractivity contribution in [1.29, 1.82) is 0 Å². The fraction of sp³-hybridized carbons (Fsp3) is 0.364. The maximum atomic E-state index is 15.8. The molecule has 0 unspecified atom stereocenters. The molecule has 0 aliphatic heterocycles. The largest absolute Gasteiger partial charge is 0.351 e. The van der Waals surface area contributed by atoms with Crippen LogP contribution in [0.2, 0.25) is 5.02 Å². The molecule has 170 valence electrons. The zero-order valence-electron chi connectivity index (χ0n) is 17.4. The van der Waals surface area contributed by atoms with E-state index in [4.69, 9.17) is 28.0 Å². The molecule has 1 heterocycles. The predicted octanol–water partition coefficient (Wildman–Crippen LogP) is 6.36. The number of halogens is 4. The van der Waals surface area contributed by atoms with Crippen LogP contribution in [0.15, 0.2) is 30.6 Å². The van der Waals surface area contributed by atoms with Gasteiger partial charge in [-0.3, -0.25) is 9.63 Å². The molecule has 1 amide bonds. The molecule has 1 saturated carbocycles. The van der Waals surface area contributed by atoms with Gasteiger partial charge in [0.2, 0.25) is 0 Å². The van der Waals surface area contributed by atoms with Crippen LogP contribution < -0.4 is 5.32 Å². The molecule has 6 nitrogen and oxygen atoms in total. The van der Waals surface area contributed by atoms with Crippen LogP contribution in [-0.4, -0.2) is 39.6 Å². The third kappa shape index (κ3) is 4.83. The summed E-state index contributed by atoms with van der Waals surface area (Å²) in [5, 5.41) is 4.77. The molecule has 1 aromatic heterocycles. The Hall–Kier alpha value is -1.62. The maximum absolute atomic E-state index is 15.8. The fourth-order valence-corrected chi connectivity index (χ4v) is 4.65. The summed E-state index contributed by atoms with van der Waals surface area (Å²) >= 11 is 14.3. The van der Waals surface area contributed by atoms with Crippen molar-refractivity contribution in [1.82, 2.24) is 14.6 Å². The number of alkyl halides is 1. The van der Waals surface area contributed by atoms with Gasteiger partial charge in [-0.25, -0.2) is 14.4 Å². The summed E-state index contributed by atoms with van der Waals surface area (Å²) in [4.78, 5) is 23.0. The van der Waals surface area contributed by atoms with Gasteiger partial charge >= 0.3 is 0 Å². The van der Waals surface area contributed by atoms with Gasteiger partial charge in [-0.1, -0.05) is 11.6 Å². The Morgan fingerprint density at radius 2 is 2.16 bits per heavy atom. The number of carbonyl (C=O) groups excluding carboxylic acids is 1. The molecule has 0 saturated heterocycles. The first-order valence-corrected chi connectivity index (χ1v) is 12.3. The van der Waals surface area contributed by atoms with E-state index in [1.807, 2.05) is 10.6 Å². The molecule has 0 radical (unpaired) electrons. The first kappa shape index (κ1) is 23.5. The molecule has 1 N–H and O–H groups in total. The molecule has 10 heteroatoms. The van der Waals surface area contributed by atoms with Crippen molar-refractivity contribution in [3.05, 3.63) is 50.6 Å². The number of hydroxylamine groups is 2. The number of anilines is 2. The minimum Gasteiger partial charge on any atom is -0.351 e. The minimum atomic E-state index is -0.608. The van der Waals surface area contributed by atoms with E-state index >= 15 is 4.39 Å². The SMILES string of the molecule is CON(C(=O)c1cc2c(ncn2CCCCCl)c(F)c1Nc1ccc(I)cc1Cl)C1CC1. The van der Waals surface area contributed by atoms with E-state index in [9.17, 15) is 4.79 Å². The van der Waals surface area contributed by atoms with Crippen LogP contribution in [0.3, 0.4) is 0 Å². The summed E-state index contributed by atoms with van der Waals surface area (Å²) in [6, 6.07) is 7.03. The highest BCUT2D eigenvalue weighted by molar-refractivity contribution is 14.1. The molecule has 1 aliphatic rings. The number of hydrogen-bond acceptors (Lipinski definition) is 4.